The standard InChI is InChI=1S/C15H25NO4/c1-15(2)10-11(15)13(17)16-12(14(18)19)8-6-4-5-7-9-20-3/h8,11H,4-7,9-10H2,1-3H3,(H,16,17)(H,18,19)/b12-8+. The lowest BCUT2D eigenvalue weighted by atomic mass is 10.1. The highest BCUT2D eigenvalue weighted by Crippen LogP contribution is 2.51. The van der Waals surface area contributed by atoms with Gasteiger partial charge in [0.25, 0.3) is 0 Å². The van der Waals surface area contributed by atoms with E-state index in [1.54, 1.807) is 13.2 Å². The fourth-order valence-corrected chi connectivity index (χ4v) is 2.14. The summed E-state index contributed by atoms with van der Waals surface area (Å²) < 4.78 is 4.95. The highest BCUT2D eigenvalue weighted by atomic mass is 16.5. The third-order valence-corrected chi connectivity index (χ3v) is 3.72. The maximum Gasteiger partial charge on any atom is 0.352 e. The van der Waals surface area contributed by atoms with Crippen LogP contribution in [0.1, 0.15) is 46.0 Å². The largest absolute Gasteiger partial charge is 0.477 e. The van der Waals surface area contributed by atoms with E-state index in [0.29, 0.717) is 6.42 Å². The van der Waals surface area contributed by atoms with Crippen molar-refractivity contribution in [2.75, 3.05) is 13.7 Å². The summed E-state index contributed by atoms with van der Waals surface area (Å²) >= 11 is 0. The Balaban J connectivity index is 2.36. The number of aliphatic carboxylic acids is 1. The number of carboxylic acids is 1. The molecule has 0 radical (unpaired) electrons. The van der Waals surface area contributed by atoms with Gasteiger partial charge in [-0.15, -0.1) is 0 Å². The zero-order chi connectivity index (χ0) is 15.2. The summed E-state index contributed by atoms with van der Waals surface area (Å²) in [6, 6.07) is 0. The Bertz CT molecular complexity index is 387. The average Bonchev–Trinajstić information content (AvgIpc) is 3.01. The van der Waals surface area contributed by atoms with Crippen LogP contribution in [0.4, 0.5) is 0 Å². The Morgan fingerprint density at radius 1 is 1.35 bits per heavy atom. The molecule has 5 heteroatoms. The van der Waals surface area contributed by atoms with E-state index < -0.39 is 5.97 Å². The van der Waals surface area contributed by atoms with Crippen molar-refractivity contribution in [3.05, 3.63) is 11.8 Å². The highest BCUT2D eigenvalue weighted by Gasteiger charge is 2.50. The molecule has 1 saturated carbocycles. The van der Waals surface area contributed by atoms with Gasteiger partial charge in [-0.2, -0.15) is 0 Å². The van der Waals surface area contributed by atoms with Gasteiger partial charge in [-0.25, -0.2) is 4.79 Å². The zero-order valence-corrected chi connectivity index (χ0v) is 12.6. The van der Waals surface area contributed by atoms with E-state index in [1.807, 2.05) is 13.8 Å². The summed E-state index contributed by atoms with van der Waals surface area (Å²) in [6.45, 7) is 4.75. The minimum Gasteiger partial charge on any atom is -0.477 e. The van der Waals surface area contributed by atoms with Crippen LogP contribution in [0.5, 0.6) is 0 Å². The Hall–Kier alpha value is -1.36. The molecule has 0 saturated heterocycles. The number of rotatable bonds is 9. The average molecular weight is 283 g/mol. The molecular formula is C15H25NO4. The lowest BCUT2D eigenvalue weighted by Gasteiger charge is -2.07. The van der Waals surface area contributed by atoms with Crippen LogP contribution in [0.15, 0.2) is 11.8 Å². The molecule has 0 spiro atoms. The molecule has 1 fully saturated rings. The Labute approximate surface area is 120 Å². The molecule has 1 rings (SSSR count). The number of unbranched alkanes of at least 4 members (excludes halogenated alkanes) is 3. The van der Waals surface area contributed by atoms with Gasteiger partial charge >= 0.3 is 5.97 Å². The van der Waals surface area contributed by atoms with E-state index in [0.717, 1.165) is 32.3 Å². The monoisotopic (exact) mass is 283 g/mol. The van der Waals surface area contributed by atoms with Crippen LogP contribution in [0.2, 0.25) is 0 Å². The summed E-state index contributed by atoms with van der Waals surface area (Å²) in [4.78, 5) is 23.0. The van der Waals surface area contributed by atoms with Crippen molar-refractivity contribution in [2.24, 2.45) is 11.3 Å². The molecule has 1 amide bonds. The van der Waals surface area contributed by atoms with E-state index in [9.17, 15) is 9.59 Å². The second kappa shape index (κ2) is 7.43. The number of hydrogen-bond acceptors (Lipinski definition) is 3. The number of nitrogens with one attached hydrogen (secondary N) is 1. The van der Waals surface area contributed by atoms with Gasteiger partial charge in [-0.3, -0.25) is 4.79 Å². The highest BCUT2D eigenvalue weighted by molar-refractivity contribution is 5.94. The molecule has 5 nitrogen and oxygen atoms in total. The summed E-state index contributed by atoms with van der Waals surface area (Å²) in [6.07, 6.45) is 5.92. The first kappa shape index (κ1) is 16.7. The quantitative estimate of drug-likeness (QED) is 0.503. The number of allylic oxidation sites excluding steroid dienone is 1. The molecule has 1 atom stereocenters. The molecule has 0 bridgehead atoms. The number of ether oxygens (including phenoxy) is 1. The van der Waals surface area contributed by atoms with Gasteiger partial charge in [0.05, 0.1) is 0 Å². The number of hydrogen-bond donors (Lipinski definition) is 2. The van der Waals surface area contributed by atoms with Crippen LogP contribution in [-0.4, -0.2) is 30.7 Å². The molecule has 1 unspecified atom stereocenters. The molecule has 1 aliphatic rings. The number of carboxylic acid groups (broad SMARTS) is 1. The van der Waals surface area contributed by atoms with Gasteiger partial charge in [-0.05, 0) is 31.1 Å². The Morgan fingerprint density at radius 2 is 2.00 bits per heavy atom. The predicted molar refractivity (Wildman–Crippen MR) is 76.1 cm³/mol. The molecule has 0 aromatic heterocycles. The lowest BCUT2D eigenvalue weighted by Crippen LogP contribution is -2.29. The number of amides is 1. The predicted octanol–water partition coefficient (Wildman–Crippen LogP) is 2.32. The first-order valence-electron chi connectivity index (χ1n) is 7.11. The third kappa shape index (κ3) is 5.33. The second-order valence-corrected chi connectivity index (χ2v) is 6.00. The first-order valence-corrected chi connectivity index (χ1v) is 7.11. The van der Waals surface area contributed by atoms with E-state index in [4.69, 9.17) is 9.84 Å². The summed E-state index contributed by atoms with van der Waals surface area (Å²) in [7, 11) is 1.66. The van der Waals surface area contributed by atoms with Crippen molar-refractivity contribution in [1.29, 1.82) is 0 Å². The fraction of sp³-hybridized carbons (Fsp3) is 0.733. The van der Waals surface area contributed by atoms with Crippen LogP contribution >= 0.6 is 0 Å². The molecule has 0 aliphatic heterocycles. The summed E-state index contributed by atoms with van der Waals surface area (Å²) in [5, 5.41) is 11.6. The Morgan fingerprint density at radius 3 is 2.50 bits per heavy atom. The van der Waals surface area contributed by atoms with E-state index in [2.05, 4.69) is 5.32 Å². The number of carbonyl (C=O) groups is 2. The van der Waals surface area contributed by atoms with E-state index >= 15 is 0 Å². The molecular weight excluding hydrogens is 258 g/mol. The fourth-order valence-electron chi connectivity index (χ4n) is 2.14. The van der Waals surface area contributed by atoms with Crippen LogP contribution in [0, 0.1) is 11.3 Å². The van der Waals surface area contributed by atoms with Crippen molar-refractivity contribution in [2.45, 2.75) is 46.0 Å². The maximum atomic E-state index is 11.9. The molecule has 0 heterocycles. The number of methoxy groups -OCH3 is 1. The topological polar surface area (TPSA) is 75.6 Å². The first-order chi connectivity index (χ1) is 9.38. The van der Waals surface area contributed by atoms with Crippen LogP contribution in [-0.2, 0) is 14.3 Å². The van der Waals surface area contributed by atoms with Gasteiger partial charge < -0.3 is 15.2 Å². The van der Waals surface area contributed by atoms with Gasteiger partial charge in [0.2, 0.25) is 5.91 Å². The second-order valence-electron chi connectivity index (χ2n) is 6.00. The molecule has 20 heavy (non-hydrogen) atoms. The minimum absolute atomic E-state index is 0.00411. The van der Waals surface area contributed by atoms with Gasteiger partial charge in [-0.1, -0.05) is 26.3 Å². The maximum absolute atomic E-state index is 11.9. The van der Waals surface area contributed by atoms with Crippen molar-refractivity contribution in [3.63, 3.8) is 0 Å². The summed E-state index contributed by atoms with van der Waals surface area (Å²) in [5.41, 5.74) is 0.0119. The van der Waals surface area contributed by atoms with E-state index in [-0.39, 0.29) is 22.9 Å². The van der Waals surface area contributed by atoms with E-state index in [1.165, 1.54) is 0 Å². The minimum atomic E-state index is -1.08. The van der Waals surface area contributed by atoms with Crippen LogP contribution in [0.3, 0.4) is 0 Å². The van der Waals surface area contributed by atoms with Crippen LogP contribution < -0.4 is 5.32 Å². The molecule has 0 aromatic carbocycles. The molecule has 0 aromatic rings. The SMILES string of the molecule is COCCCCC/C=C(/NC(=O)C1CC1(C)C)C(=O)O. The summed E-state index contributed by atoms with van der Waals surface area (Å²) in [5.74, 6) is -1.32. The zero-order valence-electron chi connectivity index (χ0n) is 12.6. The van der Waals surface area contributed by atoms with Crippen molar-refractivity contribution in [3.8, 4) is 0 Å². The van der Waals surface area contributed by atoms with Gasteiger partial charge in [0.15, 0.2) is 0 Å². The molecule has 1 aliphatic carbocycles. The lowest BCUT2D eigenvalue weighted by molar-refractivity contribution is -0.135. The van der Waals surface area contributed by atoms with Crippen molar-refractivity contribution >= 4 is 11.9 Å². The van der Waals surface area contributed by atoms with Crippen molar-refractivity contribution < 1.29 is 19.4 Å². The molecule has 2 N–H and O–H groups in total. The Kier molecular flexibility index (Phi) is 6.20. The van der Waals surface area contributed by atoms with Crippen molar-refractivity contribution in [1.82, 2.24) is 5.32 Å². The smallest absolute Gasteiger partial charge is 0.352 e. The number of carbonyl (C=O) groups excluding carboxylic acids is 1. The van der Waals surface area contributed by atoms with Gasteiger partial charge in [0.1, 0.15) is 5.70 Å². The van der Waals surface area contributed by atoms with Crippen LogP contribution in [0.25, 0.3) is 0 Å². The molecule has 114 valence electrons. The van der Waals surface area contributed by atoms with Gasteiger partial charge in [0, 0.05) is 19.6 Å². The normalized spacial score (nSPS) is 20.6. The third-order valence-electron chi connectivity index (χ3n) is 3.72.